The van der Waals surface area contributed by atoms with Crippen molar-refractivity contribution >= 4 is 18.3 Å². The van der Waals surface area contributed by atoms with Crippen LogP contribution in [-0.2, 0) is 11.3 Å². The molecule has 1 atom stereocenters. The van der Waals surface area contributed by atoms with Crippen LogP contribution in [0.4, 0.5) is 0 Å². The van der Waals surface area contributed by atoms with Crippen LogP contribution in [0.1, 0.15) is 25.3 Å². The highest BCUT2D eigenvalue weighted by molar-refractivity contribution is 5.85. The molecule has 1 unspecified atom stereocenters. The maximum atomic E-state index is 11.5. The number of halogens is 1. The van der Waals surface area contributed by atoms with Crippen molar-refractivity contribution in [3.05, 3.63) is 29.8 Å². The van der Waals surface area contributed by atoms with E-state index in [0.29, 0.717) is 19.4 Å². The molecule has 0 aromatic heterocycles. The number of carbonyl (C=O) groups is 1. The van der Waals surface area contributed by atoms with E-state index < -0.39 is 0 Å². The van der Waals surface area contributed by atoms with Crippen LogP contribution in [0.2, 0.25) is 0 Å². The first-order valence-corrected chi connectivity index (χ1v) is 5.77. The molecule has 0 bridgehead atoms. The third kappa shape index (κ3) is 6.47. The average molecular weight is 273 g/mol. The van der Waals surface area contributed by atoms with Gasteiger partial charge in [0.25, 0.3) is 0 Å². The Labute approximate surface area is 114 Å². The zero-order valence-corrected chi connectivity index (χ0v) is 11.6. The van der Waals surface area contributed by atoms with Crippen molar-refractivity contribution in [1.82, 2.24) is 5.32 Å². The summed E-state index contributed by atoms with van der Waals surface area (Å²) in [5.74, 6) is 0.831. The Morgan fingerprint density at radius 3 is 2.83 bits per heavy atom. The summed E-state index contributed by atoms with van der Waals surface area (Å²) >= 11 is 0. The van der Waals surface area contributed by atoms with E-state index in [1.807, 2.05) is 31.2 Å². The molecule has 0 saturated heterocycles. The van der Waals surface area contributed by atoms with E-state index in [1.165, 1.54) is 0 Å². The van der Waals surface area contributed by atoms with Gasteiger partial charge in [-0.1, -0.05) is 12.1 Å². The number of carbonyl (C=O) groups excluding carboxylic acids is 1. The van der Waals surface area contributed by atoms with Crippen LogP contribution in [-0.4, -0.2) is 19.1 Å². The fourth-order valence-electron chi connectivity index (χ4n) is 1.43. The van der Waals surface area contributed by atoms with Gasteiger partial charge in [-0.2, -0.15) is 0 Å². The Bertz CT molecular complexity index is 370. The molecule has 0 radical (unpaired) electrons. The van der Waals surface area contributed by atoms with E-state index in [-0.39, 0.29) is 24.4 Å². The second kappa shape index (κ2) is 8.78. The van der Waals surface area contributed by atoms with Crippen LogP contribution in [0.3, 0.4) is 0 Å². The molecule has 5 heteroatoms. The molecular formula is C13H21ClN2O2. The van der Waals surface area contributed by atoms with Gasteiger partial charge in [0.2, 0.25) is 5.91 Å². The molecule has 0 aliphatic carbocycles. The molecular weight excluding hydrogens is 252 g/mol. The standard InChI is InChI=1S/C13H20N2O2.ClH/c1-10(14)6-7-13(16)15-9-11-4-3-5-12(8-11)17-2;/h3-5,8,10H,6-7,9,14H2,1-2H3,(H,15,16);1H. The summed E-state index contributed by atoms with van der Waals surface area (Å²) in [4.78, 5) is 11.5. The Balaban J connectivity index is 0.00000289. The van der Waals surface area contributed by atoms with E-state index in [0.717, 1.165) is 11.3 Å². The molecule has 1 amide bonds. The summed E-state index contributed by atoms with van der Waals surface area (Å²) in [6.45, 7) is 2.42. The van der Waals surface area contributed by atoms with Gasteiger partial charge in [0.15, 0.2) is 0 Å². The minimum absolute atomic E-state index is 0. The van der Waals surface area contributed by atoms with Gasteiger partial charge in [-0.05, 0) is 31.0 Å². The minimum Gasteiger partial charge on any atom is -0.497 e. The lowest BCUT2D eigenvalue weighted by Gasteiger charge is -2.08. The summed E-state index contributed by atoms with van der Waals surface area (Å²) in [6, 6.07) is 7.71. The Morgan fingerprint density at radius 1 is 1.50 bits per heavy atom. The van der Waals surface area contributed by atoms with Gasteiger partial charge in [-0.25, -0.2) is 0 Å². The highest BCUT2D eigenvalue weighted by Gasteiger charge is 2.03. The SMILES string of the molecule is COc1cccc(CNC(=O)CCC(C)N)c1.Cl. The number of methoxy groups -OCH3 is 1. The van der Waals surface area contributed by atoms with Gasteiger partial charge >= 0.3 is 0 Å². The van der Waals surface area contributed by atoms with Gasteiger partial charge in [0, 0.05) is 19.0 Å². The monoisotopic (exact) mass is 272 g/mol. The lowest BCUT2D eigenvalue weighted by molar-refractivity contribution is -0.121. The third-order valence-electron chi connectivity index (χ3n) is 2.45. The number of nitrogens with one attached hydrogen (secondary N) is 1. The predicted octanol–water partition coefficient (Wildman–Crippen LogP) is 1.86. The first kappa shape index (κ1) is 16.7. The molecule has 102 valence electrons. The third-order valence-corrected chi connectivity index (χ3v) is 2.45. The van der Waals surface area contributed by atoms with Crippen LogP contribution in [0.5, 0.6) is 5.75 Å². The zero-order chi connectivity index (χ0) is 12.7. The molecule has 0 aliphatic rings. The van der Waals surface area contributed by atoms with Crippen LogP contribution >= 0.6 is 12.4 Å². The van der Waals surface area contributed by atoms with E-state index in [9.17, 15) is 4.79 Å². The van der Waals surface area contributed by atoms with Gasteiger partial charge in [0.1, 0.15) is 5.75 Å². The lowest BCUT2D eigenvalue weighted by Crippen LogP contribution is -2.25. The van der Waals surface area contributed by atoms with E-state index in [1.54, 1.807) is 7.11 Å². The van der Waals surface area contributed by atoms with Gasteiger partial charge < -0.3 is 15.8 Å². The van der Waals surface area contributed by atoms with Crippen molar-refractivity contribution in [2.24, 2.45) is 5.73 Å². The quantitative estimate of drug-likeness (QED) is 0.831. The predicted molar refractivity (Wildman–Crippen MR) is 75.0 cm³/mol. The molecule has 18 heavy (non-hydrogen) atoms. The summed E-state index contributed by atoms with van der Waals surface area (Å²) in [5, 5.41) is 2.86. The second-order valence-electron chi connectivity index (χ2n) is 4.14. The highest BCUT2D eigenvalue weighted by atomic mass is 35.5. The molecule has 3 N–H and O–H groups in total. The fourth-order valence-corrected chi connectivity index (χ4v) is 1.43. The summed E-state index contributed by atoms with van der Waals surface area (Å²) in [6.07, 6.45) is 1.19. The minimum atomic E-state index is 0. The Morgan fingerprint density at radius 2 is 2.22 bits per heavy atom. The Kier molecular flexibility index (Phi) is 8.16. The van der Waals surface area contributed by atoms with Crippen molar-refractivity contribution in [3.8, 4) is 5.75 Å². The highest BCUT2D eigenvalue weighted by Crippen LogP contribution is 2.12. The fraction of sp³-hybridized carbons (Fsp3) is 0.462. The largest absolute Gasteiger partial charge is 0.497 e. The number of ether oxygens (including phenoxy) is 1. The number of benzene rings is 1. The normalized spacial score (nSPS) is 11.3. The maximum Gasteiger partial charge on any atom is 0.220 e. The number of nitrogens with two attached hydrogens (primary N) is 1. The van der Waals surface area contributed by atoms with Crippen molar-refractivity contribution in [2.75, 3.05) is 7.11 Å². The van der Waals surface area contributed by atoms with Crippen LogP contribution < -0.4 is 15.8 Å². The van der Waals surface area contributed by atoms with E-state index in [2.05, 4.69) is 5.32 Å². The maximum absolute atomic E-state index is 11.5. The molecule has 4 nitrogen and oxygen atoms in total. The first-order chi connectivity index (χ1) is 8.11. The lowest BCUT2D eigenvalue weighted by atomic mass is 10.2. The first-order valence-electron chi connectivity index (χ1n) is 5.77. The molecule has 0 aliphatic heterocycles. The Hall–Kier alpha value is -1.26. The molecule has 0 heterocycles. The van der Waals surface area contributed by atoms with Gasteiger partial charge in [-0.15, -0.1) is 12.4 Å². The van der Waals surface area contributed by atoms with Crippen LogP contribution in [0.25, 0.3) is 0 Å². The van der Waals surface area contributed by atoms with Crippen molar-refractivity contribution < 1.29 is 9.53 Å². The summed E-state index contributed by atoms with van der Waals surface area (Å²) in [5.41, 5.74) is 6.62. The van der Waals surface area contributed by atoms with Crippen molar-refractivity contribution in [1.29, 1.82) is 0 Å². The number of rotatable bonds is 6. The van der Waals surface area contributed by atoms with Gasteiger partial charge in [-0.3, -0.25) is 4.79 Å². The molecule has 1 aromatic rings. The second-order valence-corrected chi connectivity index (χ2v) is 4.14. The molecule has 0 spiro atoms. The smallest absolute Gasteiger partial charge is 0.220 e. The summed E-state index contributed by atoms with van der Waals surface area (Å²) in [7, 11) is 1.63. The van der Waals surface area contributed by atoms with Gasteiger partial charge in [0.05, 0.1) is 7.11 Å². The number of amides is 1. The van der Waals surface area contributed by atoms with Crippen LogP contribution in [0, 0.1) is 0 Å². The number of hydrogen-bond acceptors (Lipinski definition) is 3. The molecule has 1 aromatic carbocycles. The average Bonchev–Trinajstić information content (AvgIpc) is 2.34. The summed E-state index contributed by atoms with van der Waals surface area (Å²) < 4.78 is 5.11. The number of hydrogen-bond donors (Lipinski definition) is 2. The van der Waals surface area contributed by atoms with E-state index in [4.69, 9.17) is 10.5 Å². The molecule has 1 rings (SSSR count). The zero-order valence-electron chi connectivity index (χ0n) is 10.8. The van der Waals surface area contributed by atoms with Crippen molar-refractivity contribution in [3.63, 3.8) is 0 Å². The van der Waals surface area contributed by atoms with Crippen LogP contribution in [0.15, 0.2) is 24.3 Å². The molecule has 0 fully saturated rings. The topological polar surface area (TPSA) is 64.3 Å². The van der Waals surface area contributed by atoms with E-state index >= 15 is 0 Å². The van der Waals surface area contributed by atoms with Crippen molar-refractivity contribution in [2.45, 2.75) is 32.4 Å². The molecule has 0 saturated carbocycles.